The van der Waals surface area contributed by atoms with Crippen molar-refractivity contribution < 1.29 is 18.7 Å². The van der Waals surface area contributed by atoms with Gasteiger partial charge in [0.1, 0.15) is 23.2 Å². The van der Waals surface area contributed by atoms with E-state index in [0.29, 0.717) is 29.4 Å². The predicted molar refractivity (Wildman–Crippen MR) is 118 cm³/mol. The molecule has 6 heteroatoms. The Bertz CT molecular complexity index is 1150. The predicted octanol–water partition coefficient (Wildman–Crippen LogP) is 5.37. The smallest absolute Gasteiger partial charge is 0.338 e. The van der Waals surface area contributed by atoms with Crippen molar-refractivity contribution in [2.24, 2.45) is 0 Å². The van der Waals surface area contributed by atoms with Crippen molar-refractivity contribution in [2.75, 3.05) is 11.9 Å². The summed E-state index contributed by atoms with van der Waals surface area (Å²) >= 11 is 0. The van der Waals surface area contributed by atoms with Gasteiger partial charge < -0.3 is 14.5 Å². The number of benzene rings is 2. The number of rotatable bonds is 7. The van der Waals surface area contributed by atoms with Gasteiger partial charge >= 0.3 is 5.97 Å². The zero-order valence-electron chi connectivity index (χ0n) is 17.3. The van der Waals surface area contributed by atoms with Crippen LogP contribution in [0.15, 0.2) is 70.7 Å². The Balaban J connectivity index is 1.74. The molecule has 0 saturated heterocycles. The van der Waals surface area contributed by atoms with Crippen LogP contribution >= 0.6 is 0 Å². The lowest BCUT2D eigenvalue weighted by molar-refractivity contribution is -0.112. The zero-order valence-corrected chi connectivity index (χ0v) is 17.3. The maximum atomic E-state index is 12.5. The topological polar surface area (TPSA) is 92.3 Å². The largest absolute Gasteiger partial charge is 0.462 e. The molecule has 6 nitrogen and oxygen atoms in total. The van der Waals surface area contributed by atoms with Gasteiger partial charge in [0.05, 0.1) is 12.2 Å². The minimum absolute atomic E-state index is 0.0711. The number of furan rings is 1. The molecule has 0 aliphatic rings. The Hall–Kier alpha value is -4.11. The Labute approximate surface area is 180 Å². The van der Waals surface area contributed by atoms with E-state index < -0.39 is 5.91 Å². The van der Waals surface area contributed by atoms with Crippen LogP contribution in [0, 0.1) is 18.3 Å². The lowest BCUT2D eigenvalue weighted by atomic mass is 10.1. The van der Waals surface area contributed by atoms with Crippen LogP contribution in [-0.4, -0.2) is 18.5 Å². The summed E-state index contributed by atoms with van der Waals surface area (Å²) < 4.78 is 10.9. The summed E-state index contributed by atoms with van der Waals surface area (Å²) in [4.78, 5) is 24.4. The lowest BCUT2D eigenvalue weighted by Crippen LogP contribution is -2.14. The van der Waals surface area contributed by atoms with Crippen molar-refractivity contribution in [1.82, 2.24) is 0 Å². The third-order valence-corrected chi connectivity index (χ3v) is 4.51. The molecular formula is C25H22N2O4. The van der Waals surface area contributed by atoms with Crippen LogP contribution in [0.3, 0.4) is 0 Å². The molecule has 0 atom stereocenters. The van der Waals surface area contributed by atoms with Crippen molar-refractivity contribution >= 4 is 23.6 Å². The molecule has 1 N–H and O–H groups in total. The SMILES string of the molecule is CCCOC(=O)c1ccc(-c2ccc(/C=C(\C#N)C(=O)Nc3ccccc3C)o2)cc1. The van der Waals surface area contributed by atoms with Crippen molar-refractivity contribution in [3.8, 4) is 17.4 Å². The Morgan fingerprint density at radius 2 is 1.84 bits per heavy atom. The van der Waals surface area contributed by atoms with Gasteiger partial charge in [0.2, 0.25) is 0 Å². The molecule has 0 unspecified atom stereocenters. The monoisotopic (exact) mass is 414 g/mol. The highest BCUT2D eigenvalue weighted by atomic mass is 16.5. The number of ether oxygens (including phenoxy) is 1. The van der Waals surface area contributed by atoms with Gasteiger partial charge in [-0.25, -0.2) is 4.79 Å². The van der Waals surface area contributed by atoms with Gasteiger partial charge in [-0.1, -0.05) is 37.3 Å². The first-order valence-electron chi connectivity index (χ1n) is 9.88. The van der Waals surface area contributed by atoms with E-state index in [4.69, 9.17) is 9.15 Å². The summed E-state index contributed by atoms with van der Waals surface area (Å²) in [6.07, 6.45) is 2.16. The van der Waals surface area contributed by atoms with Gasteiger partial charge in [-0.15, -0.1) is 0 Å². The van der Waals surface area contributed by atoms with Crippen molar-refractivity contribution in [3.05, 3.63) is 83.1 Å². The van der Waals surface area contributed by atoms with Gasteiger partial charge in [0, 0.05) is 17.3 Å². The fraction of sp³-hybridized carbons (Fsp3) is 0.160. The lowest BCUT2D eigenvalue weighted by Gasteiger charge is -2.06. The summed E-state index contributed by atoms with van der Waals surface area (Å²) in [6.45, 7) is 4.19. The number of anilines is 1. The number of para-hydroxylation sites is 1. The number of hydrogen-bond acceptors (Lipinski definition) is 5. The van der Waals surface area contributed by atoms with Gasteiger partial charge in [0.25, 0.3) is 5.91 Å². The van der Waals surface area contributed by atoms with Gasteiger partial charge in [-0.3, -0.25) is 4.79 Å². The van der Waals surface area contributed by atoms with Gasteiger partial charge in [0.15, 0.2) is 0 Å². The van der Waals surface area contributed by atoms with Crippen LogP contribution in [0.1, 0.15) is 35.0 Å². The number of nitriles is 1. The third-order valence-electron chi connectivity index (χ3n) is 4.51. The van der Waals surface area contributed by atoms with Crippen LogP contribution in [0.5, 0.6) is 0 Å². The first-order chi connectivity index (χ1) is 15.0. The first kappa shape index (κ1) is 21.6. The molecule has 0 bridgehead atoms. The quantitative estimate of drug-likeness (QED) is 0.319. The van der Waals surface area contributed by atoms with E-state index in [9.17, 15) is 14.9 Å². The summed E-state index contributed by atoms with van der Waals surface area (Å²) in [5.74, 6) is 0.0498. The molecule has 1 heterocycles. The molecule has 3 aromatic rings. The molecule has 0 aliphatic heterocycles. The molecule has 156 valence electrons. The number of aryl methyl sites for hydroxylation is 1. The van der Waals surface area contributed by atoms with Crippen molar-refractivity contribution in [3.63, 3.8) is 0 Å². The van der Waals surface area contributed by atoms with E-state index >= 15 is 0 Å². The van der Waals surface area contributed by atoms with E-state index in [1.165, 1.54) is 6.08 Å². The van der Waals surface area contributed by atoms with Crippen LogP contribution in [-0.2, 0) is 9.53 Å². The third kappa shape index (κ3) is 5.49. The molecule has 31 heavy (non-hydrogen) atoms. The van der Waals surface area contributed by atoms with Crippen molar-refractivity contribution in [1.29, 1.82) is 5.26 Å². The van der Waals surface area contributed by atoms with Crippen LogP contribution in [0.2, 0.25) is 0 Å². The molecular weight excluding hydrogens is 392 g/mol. The summed E-state index contributed by atoms with van der Waals surface area (Å²) in [7, 11) is 0. The summed E-state index contributed by atoms with van der Waals surface area (Å²) in [5, 5.41) is 12.1. The van der Waals surface area contributed by atoms with E-state index in [0.717, 1.165) is 17.5 Å². The number of hydrogen-bond donors (Lipinski definition) is 1. The number of nitrogens with one attached hydrogen (secondary N) is 1. The molecule has 0 radical (unpaired) electrons. The molecule has 1 amide bonds. The van der Waals surface area contributed by atoms with Crippen LogP contribution in [0.25, 0.3) is 17.4 Å². The van der Waals surface area contributed by atoms with Crippen molar-refractivity contribution in [2.45, 2.75) is 20.3 Å². The Morgan fingerprint density at radius 3 is 2.52 bits per heavy atom. The first-order valence-corrected chi connectivity index (χ1v) is 9.88. The van der Waals surface area contributed by atoms with Crippen LogP contribution < -0.4 is 5.32 Å². The molecule has 0 fully saturated rings. The van der Waals surface area contributed by atoms with Gasteiger partial charge in [-0.2, -0.15) is 5.26 Å². The standard InChI is InChI=1S/C25H22N2O4/c1-3-14-30-25(29)19-10-8-18(9-11-19)23-13-12-21(31-23)15-20(16-26)24(28)27-22-7-5-4-6-17(22)2/h4-13,15H,3,14H2,1-2H3,(H,27,28)/b20-15+. The highest BCUT2D eigenvalue weighted by molar-refractivity contribution is 6.09. The number of carbonyl (C=O) groups is 2. The van der Waals surface area contributed by atoms with E-state index in [2.05, 4.69) is 5.32 Å². The number of esters is 1. The Kier molecular flexibility index (Phi) is 7.02. The average Bonchev–Trinajstić information content (AvgIpc) is 3.26. The number of nitrogens with zero attached hydrogens (tertiary/aromatic N) is 1. The zero-order chi connectivity index (χ0) is 22.2. The second-order valence-electron chi connectivity index (χ2n) is 6.85. The molecule has 0 aliphatic carbocycles. The normalized spacial score (nSPS) is 10.9. The molecule has 0 spiro atoms. The molecule has 3 rings (SSSR count). The number of carbonyl (C=O) groups excluding carboxylic acids is 2. The molecule has 1 aromatic heterocycles. The maximum absolute atomic E-state index is 12.5. The minimum Gasteiger partial charge on any atom is -0.462 e. The van der Waals surface area contributed by atoms with E-state index in [1.807, 2.05) is 38.1 Å². The average molecular weight is 414 g/mol. The fourth-order valence-electron chi connectivity index (χ4n) is 2.83. The summed E-state index contributed by atoms with van der Waals surface area (Å²) in [6, 6.07) is 19.5. The molecule has 0 saturated carbocycles. The fourth-order valence-corrected chi connectivity index (χ4v) is 2.83. The summed E-state index contributed by atoms with van der Waals surface area (Å²) in [5.41, 5.74) is 2.69. The maximum Gasteiger partial charge on any atom is 0.338 e. The number of amides is 1. The minimum atomic E-state index is -0.510. The molecule has 2 aromatic carbocycles. The van der Waals surface area contributed by atoms with E-state index in [-0.39, 0.29) is 11.5 Å². The highest BCUT2D eigenvalue weighted by Gasteiger charge is 2.13. The highest BCUT2D eigenvalue weighted by Crippen LogP contribution is 2.24. The van der Waals surface area contributed by atoms with Crippen LogP contribution in [0.4, 0.5) is 5.69 Å². The second-order valence-corrected chi connectivity index (χ2v) is 6.85. The second kappa shape index (κ2) is 10.1. The van der Waals surface area contributed by atoms with E-state index in [1.54, 1.807) is 42.5 Å². The van der Waals surface area contributed by atoms with Gasteiger partial charge in [-0.05, 0) is 49.2 Å². The Morgan fingerprint density at radius 1 is 1.10 bits per heavy atom.